The number of carbonyl (C=O) groups excluding carboxylic acids is 1. The van der Waals surface area contributed by atoms with Crippen LogP contribution >= 0.6 is 0 Å². The van der Waals surface area contributed by atoms with Crippen LogP contribution < -0.4 is 5.32 Å². The molecule has 1 atom stereocenters. The lowest BCUT2D eigenvalue weighted by Gasteiger charge is -2.12. The summed E-state index contributed by atoms with van der Waals surface area (Å²) < 4.78 is 0. The van der Waals surface area contributed by atoms with Crippen LogP contribution in [0.15, 0.2) is 0 Å². The summed E-state index contributed by atoms with van der Waals surface area (Å²) in [5.74, 6) is -2.93. The summed E-state index contributed by atoms with van der Waals surface area (Å²) in [7, 11) is 0. The minimum Gasteiger partial charge on any atom is -0.481 e. The number of carbonyl (C=O) groups is 3. The van der Waals surface area contributed by atoms with Gasteiger partial charge in [-0.1, -0.05) is 96.8 Å². The molecule has 0 bridgehead atoms. The van der Waals surface area contributed by atoms with Crippen LogP contribution in [0.2, 0.25) is 0 Å². The van der Waals surface area contributed by atoms with Gasteiger partial charge in [0.15, 0.2) is 0 Å². The van der Waals surface area contributed by atoms with E-state index in [9.17, 15) is 14.4 Å². The van der Waals surface area contributed by atoms with E-state index in [0.717, 1.165) is 12.8 Å². The molecule has 0 saturated carbocycles. The van der Waals surface area contributed by atoms with Crippen molar-refractivity contribution in [1.82, 2.24) is 5.32 Å². The molecular formula is C22H41NO5. The number of hydrogen-bond acceptors (Lipinski definition) is 3. The fraction of sp³-hybridized carbons (Fsp3) is 0.864. The largest absolute Gasteiger partial charge is 0.481 e. The molecule has 6 nitrogen and oxygen atoms in total. The zero-order chi connectivity index (χ0) is 21.0. The fourth-order valence-electron chi connectivity index (χ4n) is 3.30. The average Bonchev–Trinajstić information content (AvgIpc) is 2.64. The molecule has 0 aromatic heterocycles. The van der Waals surface area contributed by atoms with Crippen molar-refractivity contribution >= 4 is 17.8 Å². The van der Waals surface area contributed by atoms with Crippen LogP contribution in [0.25, 0.3) is 0 Å². The Morgan fingerprint density at radius 3 is 1.43 bits per heavy atom. The maximum Gasteiger partial charge on any atom is 0.326 e. The van der Waals surface area contributed by atoms with Gasteiger partial charge in [0.1, 0.15) is 6.04 Å². The summed E-state index contributed by atoms with van der Waals surface area (Å²) in [6.45, 7) is 2.25. The minimum atomic E-state index is -1.35. The molecule has 0 spiro atoms. The monoisotopic (exact) mass is 399 g/mol. The first-order valence-corrected chi connectivity index (χ1v) is 11.2. The Labute approximate surface area is 170 Å². The van der Waals surface area contributed by atoms with E-state index in [1.807, 2.05) is 0 Å². The molecule has 0 aromatic rings. The smallest absolute Gasteiger partial charge is 0.326 e. The lowest BCUT2D eigenvalue weighted by Crippen LogP contribution is -2.42. The summed E-state index contributed by atoms with van der Waals surface area (Å²) in [5.41, 5.74) is 0. The first-order chi connectivity index (χ1) is 13.5. The molecule has 0 aliphatic heterocycles. The number of amides is 1. The number of aliphatic carboxylic acids is 2. The van der Waals surface area contributed by atoms with E-state index in [2.05, 4.69) is 12.2 Å². The molecule has 0 aromatic carbocycles. The van der Waals surface area contributed by atoms with Crippen LogP contribution in [-0.2, 0) is 14.4 Å². The first kappa shape index (κ1) is 26.4. The molecule has 0 saturated heterocycles. The standard InChI is InChI=1S/C22H41NO5/c1-2-3-4-5-6-7-8-9-10-11-12-13-14-15-16-17-20(24)23-19(22(27)28)18-21(25)26/h19H,2-18H2,1H3,(H,23,24)(H,25,26)(H,27,28)/t19-/m1/s1. The molecule has 164 valence electrons. The van der Waals surface area contributed by atoms with Gasteiger partial charge < -0.3 is 15.5 Å². The second kappa shape index (κ2) is 18.8. The number of rotatable bonds is 20. The predicted octanol–water partition coefficient (Wildman–Crippen LogP) is 5.29. The van der Waals surface area contributed by atoms with Gasteiger partial charge in [-0.3, -0.25) is 9.59 Å². The van der Waals surface area contributed by atoms with Gasteiger partial charge in [0.25, 0.3) is 0 Å². The van der Waals surface area contributed by atoms with Crippen LogP contribution in [0, 0.1) is 0 Å². The number of unbranched alkanes of at least 4 members (excludes halogenated alkanes) is 14. The van der Waals surface area contributed by atoms with E-state index < -0.39 is 24.4 Å². The van der Waals surface area contributed by atoms with Crippen LogP contribution in [-0.4, -0.2) is 34.1 Å². The Balaban J connectivity index is 3.41. The normalized spacial score (nSPS) is 11.9. The molecule has 0 heterocycles. The highest BCUT2D eigenvalue weighted by molar-refractivity contribution is 5.86. The fourth-order valence-corrected chi connectivity index (χ4v) is 3.30. The SMILES string of the molecule is CCCCCCCCCCCCCCCCCC(=O)N[C@H](CC(=O)O)C(=O)O. The van der Waals surface area contributed by atoms with Crippen molar-refractivity contribution in [1.29, 1.82) is 0 Å². The Morgan fingerprint density at radius 1 is 0.679 bits per heavy atom. The predicted molar refractivity (Wildman–Crippen MR) is 111 cm³/mol. The Bertz CT molecular complexity index is 425. The molecule has 1 amide bonds. The average molecular weight is 400 g/mol. The third kappa shape index (κ3) is 17.8. The van der Waals surface area contributed by atoms with Crippen molar-refractivity contribution in [2.45, 2.75) is 122 Å². The third-order valence-electron chi connectivity index (χ3n) is 5.02. The topological polar surface area (TPSA) is 104 Å². The molecular weight excluding hydrogens is 358 g/mol. The van der Waals surface area contributed by atoms with E-state index in [4.69, 9.17) is 10.2 Å². The highest BCUT2D eigenvalue weighted by atomic mass is 16.4. The number of carboxylic acids is 2. The van der Waals surface area contributed by atoms with E-state index in [1.165, 1.54) is 77.0 Å². The molecule has 28 heavy (non-hydrogen) atoms. The molecule has 0 unspecified atom stereocenters. The summed E-state index contributed by atoms with van der Waals surface area (Å²) in [6, 6.07) is -1.35. The second-order valence-electron chi connectivity index (χ2n) is 7.76. The zero-order valence-electron chi connectivity index (χ0n) is 17.7. The van der Waals surface area contributed by atoms with Gasteiger partial charge >= 0.3 is 11.9 Å². The Morgan fingerprint density at radius 2 is 1.07 bits per heavy atom. The third-order valence-corrected chi connectivity index (χ3v) is 5.02. The van der Waals surface area contributed by atoms with Gasteiger partial charge in [-0.25, -0.2) is 4.79 Å². The highest BCUT2D eigenvalue weighted by Crippen LogP contribution is 2.13. The zero-order valence-corrected chi connectivity index (χ0v) is 17.7. The maximum atomic E-state index is 11.7. The summed E-state index contributed by atoms with van der Waals surface area (Å²) in [5, 5.41) is 19.8. The lowest BCUT2D eigenvalue weighted by molar-refractivity contribution is -0.147. The highest BCUT2D eigenvalue weighted by Gasteiger charge is 2.22. The van der Waals surface area contributed by atoms with Gasteiger partial charge in [0, 0.05) is 6.42 Å². The van der Waals surface area contributed by atoms with Crippen LogP contribution in [0.5, 0.6) is 0 Å². The molecule has 0 aliphatic carbocycles. The van der Waals surface area contributed by atoms with Gasteiger partial charge in [0.2, 0.25) is 5.91 Å². The van der Waals surface area contributed by atoms with E-state index in [1.54, 1.807) is 0 Å². The number of nitrogens with one attached hydrogen (secondary N) is 1. The molecule has 0 aliphatic rings. The molecule has 0 radical (unpaired) electrons. The van der Waals surface area contributed by atoms with Gasteiger partial charge in [0.05, 0.1) is 6.42 Å². The lowest BCUT2D eigenvalue weighted by atomic mass is 10.0. The maximum absolute atomic E-state index is 11.7. The molecule has 0 rings (SSSR count). The van der Waals surface area contributed by atoms with E-state index in [-0.39, 0.29) is 12.3 Å². The van der Waals surface area contributed by atoms with Crippen molar-refractivity contribution in [3.63, 3.8) is 0 Å². The number of carboxylic acid groups (broad SMARTS) is 2. The molecule has 6 heteroatoms. The number of hydrogen-bond donors (Lipinski definition) is 3. The van der Waals surface area contributed by atoms with Crippen LogP contribution in [0.4, 0.5) is 0 Å². The van der Waals surface area contributed by atoms with Crippen molar-refractivity contribution < 1.29 is 24.6 Å². The van der Waals surface area contributed by atoms with Crippen molar-refractivity contribution in [3.05, 3.63) is 0 Å². The Hall–Kier alpha value is -1.59. The van der Waals surface area contributed by atoms with Crippen LogP contribution in [0.3, 0.4) is 0 Å². The van der Waals surface area contributed by atoms with Crippen LogP contribution in [0.1, 0.15) is 116 Å². The molecule has 3 N–H and O–H groups in total. The molecule has 0 fully saturated rings. The summed E-state index contributed by atoms with van der Waals surface area (Å²) in [6.07, 6.45) is 18.3. The Kier molecular flexibility index (Phi) is 17.7. The van der Waals surface area contributed by atoms with E-state index >= 15 is 0 Å². The van der Waals surface area contributed by atoms with Crippen molar-refractivity contribution in [2.24, 2.45) is 0 Å². The first-order valence-electron chi connectivity index (χ1n) is 11.2. The van der Waals surface area contributed by atoms with Gasteiger partial charge in [-0.2, -0.15) is 0 Å². The van der Waals surface area contributed by atoms with Gasteiger partial charge in [-0.15, -0.1) is 0 Å². The summed E-state index contributed by atoms with van der Waals surface area (Å²) >= 11 is 0. The van der Waals surface area contributed by atoms with E-state index in [0.29, 0.717) is 6.42 Å². The minimum absolute atomic E-state index is 0.252. The van der Waals surface area contributed by atoms with Crippen molar-refractivity contribution in [3.8, 4) is 0 Å². The summed E-state index contributed by atoms with van der Waals surface area (Å²) in [4.78, 5) is 33.2. The van der Waals surface area contributed by atoms with Gasteiger partial charge in [-0.05, 0) is 6.42 Å². The van der Waals surface area contributed by atoms with Crippen molar-refractivity contribution in [2.75, 3.05) is 0 Å². The quantitative estimate of drug-likeness (QED) is 0.241. The second-order valence-corrected chi connectivity index (χ2v) is 7.76.